The summed E-state index contributed by atoms with van der Waals surface area (Å²) in [6, 6.07) is 16.4. The fourth-order valence-corrected chi connectivity index (χ4v) is 5.69. The molecule has 188 valence electrons. The highest BCUT2D eigenvalue weighted by Crippen LogP contribution is 2.56. The van der Waals surface area contributed by atoms with E-state index in [-0.39, 0.29) is 48.6 Å². The number of carbonyl (C=O) groups is 1. The molecule has 0 spiro atoms. The summed E-state index contributed by atoms with van der Waals surface area (Å²) in [5, 5.41) is 33.2. The summed E-state index contributed by atoms with van der Waals surface area (Å²) in [6.07, 6.45) is 0.327. The predicted molar refractivity (Wildman–Crippen MR) is 131 cm³/mol. The van der Waals surface area contributed by atoms with Gasteiger partial charge in [0.1, 0.15) is 0 Å². The van der Waals surface area contributed by atoms with Crippen LogP contribution in [-0.4, -0.2) is 36.7 Å². The van der Waals surface area contributed by atoms with Crippen LogP contribution in [0.5, 0.6) is 28.7 Å². The number of cyclic esters (lactones) is 1. The summed E-state index contributed by atoms with van der Waals surface area (Å²) in [6.45, 7) is 0.323. The van der Waals surface area contributed by atoms with E-state index in [1.54, 1.807) is 6.07 Å². The van der Waals surface area contributed by atoms with Crippen LogP contribution in [0.15, 0.2) is 48.5 Å². The summed E-state index contributed by atoms with van der Waals surface area (Å²) < 4.78 is 22.2. The van der Waals surface area contributed by atoms with E-state index in [4.69, 9.17) is 24.2 Å². The van der Waals surface area contributed by atoms with Crippen LogP contribution in [0.4, 0.5) is 5.69 Å². The van der Waals surface area contributed by atoms with Crippen molar-refractivity contribution in [2.75, 3.05) is 25.8 Å². The lowest BCUT2D eigenvalue weighted by Crippen LogP contribution is -2.37. The Bertz CT molecular complexity index is 1430. The molecule has 4 atom stereocenters. The predicted octanol–water partition coefficient (Wildman–Crippen LogP) is 3.99. The number of methoxy groups -OCH3 is 1. The fourth-order valence-electron chi connectivity index (χ4n) is 5.69. The zero-order chi connectivity index (χ0) is 25.7. The number of carbonyl (C=O) groups excluding carboxylic acids is 1. The van der Waals surface area contributed by atoms with Crippen LogP contribution in [0.25, 0.3) is 0 Å². The standard InChI is InChI=1S/C28H24N2O7/c1-34-23-9-15(8-20(31)27(23)32)24-17-10-21-22(37-13-36-21)11-18(17)26(19-12-35-28(33)25(19)24)30-16-4-2-14(3-5-16)6-7-29/h2-5,8-11,19,24-26,30-32H,6,12-13H2,1H3/t19-,24+,25-,26?/m0/s1. The number of anilines is 1. The molecule has 6 rings (SSSR count). The minimum atomic E-state index is -0.558. The molecule has 1 saturated heterocycles. The molecule has 37 heavy (non-hydrogen) atoms. The molecule has 0 aromatic heterocycles. The largest absolute Gasteiger partial charge is 0.504 e. The minimum Gasteiger partial charge on any atom is -0.504 e. The lowest BCUT2D eigenvalue weighted by molar-refractivity contribution is -0.141. The first-order valence-corrected chi connectivity index (χ1v) is 11.9. The molecule has 0 bridgehead atoms. The molecule has 3 aromatic rings. The number of fused-ring (bicyclic) bond motifs is 3. The van der Waals surface area contributed by atoms with Crippen LogP contribution in [0.3, 0.4) is 0 Å². The van der Waals surface area contributed by atoms with Gasteiger partial charge in [-0.05, 0) is 58.7 Å². The first-order valence-electron chi connectivity index (χ1n) is 11.9. The lowest BCUT2D eigenvalue weighted by Gasteiger charge is -2.40. The Labute approximate surface area is 212 Å². The molecular formula is C28H24N2O7. The van der Waals surface area contributed by atoms with Gasteiger partial charge < -0.3 is 34.5 Å². The number of phenols is 2. The van der Waals surface area contributed by atoms with Crippen LogP contribution >= 0.6 is 0 Å². The number of rotatable bonds is 5. The van der Waals surface area contributed by atoms with Gasteiger partial charge in [0, 0.05) is 17.5 Å². The second-order valence-corrected chi connectivity index (χ2v) is 9.38. The molecule has 3 N–H and O–H groups in total. The third-order valence-electron chi connectivity index (χ3n) is 7.40. The van der Waals surface area contributed by atoms with E-state index in [9.17, 15) is 15.0 Å². The number of nitrogens with zero attached hydrogens (tertiary/aromatic N) is 1. The minimum absolute atomic E-state index is 0.101. The zero-order valence-corrected chi connectivity index (χ0v) is 19.9. The van der Waals surface area contributed by atoms with E-state index in [0.717, 1.165) is 22.4 Å². The quantitative estimate of drug-likeness (QED) is 0.352. The number of aromatic hydroxyl groups is 2. The number of phenolic OH excluding ortho intramolecular Hbond substituents is 2. The molecule has 9 nitrogen and oxygen atoms in total. The summed E-state index contributed by atoms with van der Waals surface area (Å²) in [5.41, 5.74) is 4.12. The number of hydrogen-bond donors (Lipinski definition) is 3. The summed E-state index contributed by atoms with van der Waals surface area (Å²) in [5.74, 6) is -1.01. The highest BCUT2D eigenvalue weighted by atomic mass is 16.7. The molecule has 3 aromatic carbocycles. The third kappa shape index (κ3) is 3.73. The lowest BCUT2D eigenvalue weighted by atomic mass is 9.65. The molecule has 0 amide bonds. The molecule has 1 fully saturated rings. The maximum atomic E-state index is 13.2. The van der Waals surface area contributed by atoms with Crippen molar-refractivity contribution >= 4 is 11.7 Å². The van der Waals surface area contributed by atoms with Gasteiger partial charge in [-0.3, -0.25) is 4.79 Å². The van der Waals surface area contributed by atoms with Crippen molar-refractivity contribution in [3.8, 4) is 34.8 Å². The van der Waals surface area contributed by atoms with Crippen molar-refractivity contribution in [3.63, 3.8) is 0 Å². The van der Waals surface area contributed by atoms with E-state index in [1.165, 1.54) is 13.2 Å². The van der Waals surface area contributed by atoms with Crippen molar-refractivity contribution in [2.24, 2.45) is 11.8 Å². The van der Waals surface area contributed by atoms with Crippen molar-refractivity contribution in [1.29, 1.82) is 5.26 Å². The Morgan fingerprint density at radius 2 is 1.78 bits per heavy atom. The molecule has 3 aliphatic rings. The Morgan fingerprint density at radius 3 is 2.49 bits per heavy atom. The van der Waals surface area contributed by atoms with Crippen molar-refractivity contribution < 1.29 is 34.0 Å². The van der Waals surface area contributed by atoms with Crippen LogP contribution in [0.2, 0.25) is 0 Å². The van der Waals surface area contributed by atoms with E-state index in [2.05, 4.69) is 11.4 Å². The average Bonchev–Trinajstić information content (AvgIpc) is 3.52. The molecule has 1 aliphatic carbocycles. The second-order valence-electron chi connectivity index (χ2n) is 9.38. The van der Waals surface area contributed by atoms with Crippen molar-refractivity contribution in [2.45, 2.75) is 18.4 Å². The van der Waals surface area contributed by atoms with E-state index in [0.29, 0.717) is 23.5 Å². The van der Waals surface area contributed by atoms with E-state index < -0.39 is 11.8 Å². The highest BCUT2D eigenvalue weighted by molar-refractivity contribution is 5.79. The van der Waals surface area contributed by atoms with Gasteiger partial charge in [0.15, 0.2) is 23.0 Å². The van der Waals surface area contributed by atoms with Crippen LogP contribution < -0.4 is 19.5 Å². The summed E-state index contributed by atoms with van der Waals surface area (Å²) >= 11 is 0. The van der Waals surface area contributed by atoms with Gasteiger partial charge in [-0.2, -0.15) is 5.26 Å². The van der Waals surface area contributed by atoms with Gasteiger partial charge >= 0.3 is 5.97 Å². The molecule has 1 unspecified atom stereocenters. The number of nitriles is 1. The first kappa shape index (κ1) is 22.9. The number of hydrogen-bond acceptors (Lipinski definition) is 9. The average molecular weight is 501 g/mol. The number of nitrogens with one attached hydrogen (secondary N) is 1. The van der Waals surface area contributed by atoms with Gasteiger partial charge in [-0.15, -0.1) is 0 Å². The normalized spacial score (nSPS) is 23.0. The molecular weight excluding hydrogens is 476 g/mol. The number of ether oxygens (including phenoxy) is 4. The molecule has 0 radical (unpaired) electrons. The second kappa shape index (κ2) is 8.82. The third-order valence-corrected chi connectivity index (χ3v) is 7.40. The molecule has 2 aliphatic heterocycles. The van der Waals surface area contributed by atoms with Gasteiger partial charge in [0.25, 0.3) is 0 Å². The SMILES string of the molecule is COc1cc([C@@H]2c3cc4c(cc3C(Nc3ccc(CC#N)cc3)[C@H]3COC(=O)[C@H]23)OCO4)cc(O)c1O. The van der Waals surface area contributed by atoms with Gasteiger partial charge in [0.05, 0.1) is 38.2 Å². The Morgan fingerprint density at radius 1 is 1.05 bits per heavy atom. The van der Waals surface area contributed by atoms with Crippen LogP contribution in [-0.2, 0) is 16.0 Å². The molecule has 9 heteroatoms. The smallest absolute Gasteiger partial charge is 0.310 e. The van der Waals surface area contributed by atoms with Crippen molar-refractivity contribution in [1.82, 2.24) is 0 Å². The first-order chi connectivity index (χ1) is 18.0. The monoisotopic (exact) mass is 500 g/mol. The van der Waals surface area contributed by atoms with Crippen LogP contribution in [0, 0.1) is 23.2 Å². The molecule has 2 heterocycles. The Kier molecular flexibility index (Phi) is 5.45. The van der Waals surface area contributed by atoms with Crippen molar-refractivity contribution in [3.05, 3.63) is 70.8 Å². The van der Waals surface area contributed by atoms with E-state index in [1.807, 2.05) is 36.4 Å². The number of benzene rings is 3. The summed E-state index contributed by atoms with van der Waals surface area (Å²) in [4.78, 5) is 13.2. The van der Waals surface area contributed by atoms with Gasteiger partial charge in [-0.25, -0.2) is 0 Å². The maximum Gasteiger partial charge on any atom is 0.310 e. The number of esters is 1. The summed E-state index contributed by atoms with van der Waals surface area (Å²) in [7, 11) is 1.40. The topological polar surface area (TPSA) is 130 Å². The fraction of sp³-hybridized carbons (Fsp3) is 0.286. The zero-order valence-electron chi connectivity index (χ0n) is 19.9. The van der Waals surface area contributed by atoms with Gasteiger partial charge in [-0.1, -0.05) is 12.1 Å². The highest BCUT2D eigenvalue weighted by Gasteiger charge is 2.52. The van der Waals surface area contributed by atoms with E-state index >= 15 is 0 Å². The Balaban J connectivity index is 1.50. The Hall–Kier alpha value is -4.58. The molecule has 0 saturated carbocycles. The van der Waals surface area contributed by atoms with Gasteiger partial charge in [0.2, 0.25) is 12.5 Å². The van der Waals surface area contributed by atoms with Crippen LogP contribution in [0.1, 0.15) is 34.2 Å². The maximum absolute atomic E-state index is 13.2.